The van der Waals surface area contributed by atoms with Gasteiger partial charge in [0.05, 0.1) is 6.10 Å². The van der Waals surface area contributed by atoms with Gasteiger partial charge >= 0.3 is 0 Å². The number of rotatable bonds is 3. The van der Waals surface area contributed by atoms with E-state index in [1.165, 1.54) is 5.56 Å². The van der Waals surface area contributed by atoms with E-state index in [-0.39, 0.29) is 18.2 Å². The molecule has 3 rings (SSSR count). The third-order valence-electron chi connectivity index (χ3n) is 3.85. The molecular weight excluding hydrogens is 242 g/mol. The van der Waals surface area contributed by atoms with Crippen molar-refractivity contribution >= 4 is 0 Å². The Morgan fingerprint density at radius 3 is 2.63 bits per heavy atom. The third-order valence-corrected chi connectivity index (χ3v) is 3.85. The van der Waals surface area contributed by atoms with E-state index in [4.69, 9.17) is 9.47 Å². The summed E-state index contributed by atoms with van der Waals surface area (Å²) in [5.74, 6) is -0.594. The van der Waals surface area contributed by atoms with Gasteiger partial charge < -0.3 is 19.9 Å². The molecule has 2 aliphatic rings. The number of hydrogen-bond donors (Lipinski definition) is 2. The van der Waals surface area contributed by atoms with E-state index in [9.17, 15) is 5.11 Å². The van der Waals surface area contributed by atoms with Crippen molar-refractivity contribution in [2.45, 2.75) is 57.0 Å². The van der Waals surface area contributed by atoms with Gasteiger partial charge in [-0.2, -0.15) is 0 Å². The first-order chi connectivity index (χ1) is 9.05. The van der Waals surface area contributed by atoms with Gasteiger partial charge in [-0.15, -0.1) is 0 Å². The molecule has 0 radical (unpaired) electrons. The maximum Gasteiger partial charge on any atom is 0.163 e. The first kappa shape index (κ1) is 13.1. The van der Waals surface area contributed by atoms with Crippen LogP contribution in [0.15, 0.2) is 30.3 Å². The maximum atomic E-state index is 10.1. The van der Waals surface area contributed by atoms with Gasteiger partial charge in [0.15, 0.2) is 5.79 Å². The smallest absolute Gasteiger partial charge is 0.163 e. The normalized spacial score (nSPS) is 36.4. The van der Waals surface area contributed by atoms with Crippen molar-refractivity contribution in [3.8, 4) is 0 Å². The second-order valence-corrected chi connectivity index (χ2v) is 5.84. The molecule has 1 aliphatic carbocycles. The van der Waals surface area contributed by atoms with Crippen molar-refractivity contribution in [3.63, 3.8) is 0 Å². The van der Waals surface area contributed by atoms with Crippen LogP contribution >= 0.6 is 0 Å². The van der Waals surface area contributed by atoms with Crippen molar-refractivity contribution in [1.29, 1.82) is 0 Å². The maximum absolute atomic E-state index is 10.1. The number of aliphatic hydroxyl groups is 1. The fourth-order valence-corrected chi connectivity index (χ4v) is 3.00. The highest BCUT2D eigenvalue weighted by molar-refractivity contribution is 5.15. The minimum absolute atomic E-state index is 0.0614. The first-order valence-corrected chi connectivity index (χ1v) is 6.86. The lowest BCUT2D eigenvalue weighted by Gasteiger charge is -2.23. The molecule has 1 saturated heterocycles. The highest BCUT2D eigenvalue weighted by Crippen LogP contribution is 2.38. The summed E-state index contributed by atoms with van der Waals surface area (Å²) in [7, 11) is 0. The predicted octanol–water partition coefficient (Wildman–Crippen LogP) is 1.43. The summed E-state index contributed by atoms with van der Waals surface area (Å²) in [6, 6.07) is 10.4. The van der Waals surface area contributed by atoms with Gasteiger partial charge in [-0.05, 0) is 25.8 Å². The van der Waals surface area contributed by atoms with E-state index in [1.54, 1.807) is 0 Å². The minimum atomic E-state index is -0.594. The summed E-state index contributed by atoms with van der Waals surface area (Å²) in [5.41, 5.74) is 1.23. The van der Waals surface area contributed by atoms with Crippen LogP contribution in [-0.2, 0) is 16.0 Å². The Bertz CT molecular complexity index is 434. The molecule has 1 aromatic carbocycles. The predicted molar refractivity (Wildman–Crippen MR) is 71.5 cm³/mol. The van der Waals surface area contributed by atoms with Crippen LogP contribution in [0, 0.1) is 0 Å². The second kappa shape index (κ2) is 4.87. The highest BCUT2D eigenvalue weighted by Gasteiger charge is 2.53. The monoisotopic (exact) mass is 263 g/mol. The Kier molecular flexibility index (Phi) is 3.35. The standard InChI is InChI=1S/C15H21NO3/c1-15(2)18-13-11(8-12(17)14(13)19-15)16-9-10-6-4-3-5-7-10/h3-7,11-14,16-17H,8-9H2,1-2H3. The molecule has 0 aromatic heterocycles. The molecule has 1 aromatic rings. The topological polar surface area (TPSA) is 50.7 Å². The molecular formula is C15H21NO3. The number of ether oxygens (including phenoxy) is 2. The van der Waals surface area contributed by atoms with Crippen LogP contribution in [0.25, 0.3) is 0 Å². The average Bonchev–Trinajstić information content (AvgIpc) is 2.84. The van der Waals surface area contributed by atoms with Crippen LogP contribution in [0.2, 0.25) is 0 Å². The van der Waals surface area contributed by atoms with E-state index >= 15 is 0 Å². The van der Waals surface area contributed by atoms with Gasteiger partial charge in [0.25, 0.3) is 0 Å². The van der Waals surface area contributed by atoms with E-state index in [2.05, 4.69) is 17.4 Å². The number of aliphatic hydroxyl groups excluding tert-OH is 1. The lowest BCUT2D eigenvalue weighted by atomic mass is 10.1. The Balaban J connectivity index is 1.63. The molecule has 4 unspecified atom stereocenters. The van der Waals surface area contributed by atoms with Crippen molar-refractivity contribution in [1.82, 2.24) is 5.32 Å². The molecule has 2 fully saturated rings. The minimum Gasteiger partial charge on any atom is -0.390 e. The van der Waals surface area contributed by atoms with Crippen LogP contribution in [0.3, 0.4) is 0 Å². The molecule has 104 valence electrons. The fourth-order valence-electron chi connectivity index (χ4n) is 3.00. The molecule has 1 aliphatic heterocycles. The Hall–Kier alpha value is -0.940. The summed E-state index contributed by atoms with van der Waals surface area (Å²) in [6.45, 7) is 4.57. The van der Waals surface area contributed by atoms with Gasteiger partial charge in [-0.1, -0.05) is 30.3 Å². The molecule has 0 bridgehead atoms. The lowest BCUT2D eigenvalue weighted by Crippen LogP contribution is -2.39. The van der Waals surface area contributed by atoms with Gasteiger partial charge in [0.1, 0.15) is 12.2 Å². The van der Waals surface area contributed by atoms with E-state index < -0.39 is 11.9 Å². The Morgan fingerprint density at radius 2 is 1.89 bits per heavy atom. The molecule has 2 N–H and O–H groups in total. The van der Waals surface area contributed by atoms with Crippen LogP contribution in [-0.4, -0.2) is 35.2 Å². The lowest BCUT2D eigenvalue weighted by molar-refractivity contribution is -0.164. The van der Waals surface area contributed by atoms with Crippen molar-refractivity contribution in [3.05, 3.63) is 35.9 Å². The first-order valence-electron chi connectivity index (χ1n) is 6.86. The van der Waals surface area contributed by atoms with E-state index in [0.717, 1.165) is 6.54 Å². The van der Waals surface area contributed by atoms with Crippen molar-refractivity contribution in [2.75, 3.05) is 0 Å². The molecule has 4 nitrogen and oxygen atoms in total. The quantitative estimate of drug-likeness (QED) is 0.866. The van der Waals surface area contributed by atoms with Crippen LogP contribution in [0.1, 0.15) is 25.8 Å². The SMILES string of the molecule is CC1(C)OC2C(O)CC(NCc3ccccc3)C2O1. The van der Waals surface area contributed by atoms with Crippen LogP contribution < -0.4 is 5.32 Å². The van der Waals surface area contributed by atoms with Gasteiger partial charge in [0, 0.05) is 12.6 Å². The largest absolute Gasteiger partial charge is 0.390 e. The molecule has 0 amide bonds. The van der Waals surface area contributed by atoms with Crippen molar-refractivity contribution < 1.29 is 14.6 Å². The van der Waals surface area contributed by atoms with Crippen LogP contribution in [0.4, 0.5) is 0 Å². The molecule has 0 spiro atoms. The summed E-state index contributed by atoms with van der Waals surface area (Å²) >= 11 is 0. The third kappa shape index (κ3) is 2.67. The number of hydrogen-bond acceptors (Lipinski definition) is 4. The summed E-state index contributed by atoms with van der Waals surface area (Å²) in [6.07, 6.45) is -0.0323. The number of benzene rings is 1. The zero-order valence-corrected chi connectivity index (χ0v) is 11.4. The zero-order chi connectivity index (χ0) is 13.5. The molecule has 1 saturated carbocycles. The highest BCUT2D eigenvalue weighted by atomic mass is 16.8. The van der Waals surface area contributed by atoms with E-state index in [0.29, 0.717) is 6.42 Å². The second-order valence-electron chi connectivity index (χ2n) is 5.84. The number of nitrogens with one attached hydrogen (secondary N) is 1. The van der Waals surface area contributed by atoms with E-state index in [1.807, 2.05) is 32.0 Å². The fraction of sp³-hybridized carbons (Fsp3) is 0.600. The Morgan fingerprint density at radius 1 is 1.21 bits per heavy atom. The Labute approximate surface area is 113 Å². The molecule has 4 atom stereocenters. The summed E-state index contributed by atoms with van der Waals surface area (Å²) in [4.78, 5) is 0. The molecule has 1 heterocycles. The van der Waals surface area contributed by atoms with Crippen molar-refractivity contribution in [2.24, 2.45) is 0 Å². The average molecular weight is 263 g/mol. The van der Waals surface area contributed by atoms with Gasteiger partial charge in [-0.25, -0.2) is 0 Å². The van der Waals surface area contributed by atoms with Crippen LogP contribution in [0.5, 0.6) is 0 Å². The summed E-state index contributed by atoms with van der Waals surface area (Å²) in [5, 5.41) is 13.5. The van der Waals surface area contributed by atoms with Gasteiger partial charge in [0.2, 0.25) is 0 Å². The number of fused-ring (bicyclic) bond motifs is 1. The van der Waals surface area contributed by atoms with Gasteiger partial charge in [-0.3, -0.25) is 0 Å². The molecule has 19 heavy (non-hydrogen) atoms. The zero-order valence-electron chi connectivity index (χ0n) is 11.4. The molecule has 4 heteroatoms. The summed E-state index contributed by atoms with van der Waals surface area (Å²) < 4.78 is 11.7.